The Morgan fingerprint density at radius 3 is 1.41 bits per heavy atom. The van der Waals surface area contributed by atoms with Gasteiger partial charge in [0.05, 0.1) is 23.7 Å². The van der Waals surface area contributed by atoms with Crippen LogP contribution in [0.2, 0.25) is 0 Å². The van der Waals surface area contributed by atoms with E-state index >= 15 is 0 Å². The van der Waals surface area contributed by atoms with Gasteiger partial charge in [-0.1, -0.05) is 183 Å². The number of hydrogen-bond donors (Lipinski definition) is 0. The number of aromatic nitrogens is 1. The maximum absolute atomic E-state index is 6.69. The Bertz CT molecular complexity index is 1380. The average molecular weight is 697 g/mol. The summed E-state index contributed by atoms with van der Waals surface area (Å²) >= 11 is 0. The molecular weight excluding hydrogens is 637 g/mol. The molecule has 262 valence electrons. The Labute approximate surface area is 309 Å². The van der Waals surface area contributed by atoms with Gasteiger partial charge in [0, 0.05) is 34.7 Å². The molecule has 0 N–H and O–H groups in total. The molecule has 0 saturated carbocycles. The summed E-state index contributed by atoms with van der Waals surface area (Å²) in [7, 11) is 0. The van der Waals surface area contributed by atoms with Gasteiger partial charge in [0.2, 0.25) is 0 Å². The SMILES string of the molecule is CCCCCCCCCCCCCCCCCCCCOc1c(-c2ccccc2)cc(N=C(C)c2ccccn2)cc1-c1ccccc1.[Cr]. The molecule has 4 aromatic rings. The van der Waals surface area contributed by atoms with Crippen LogP contribution < -0.4 is 4.74 Å². The molecule has 4 heteroatoms. The zero-order chi connectivity index (χ0) is 33.5. The van der Waals surface area contributed by atoms with E-state index in [1.807, 2.05) is 31.3 Å². The quantitative estimate of drug-likeness (QED) is 0.0540. The van der Waals surface area contributed by atoms with E-state index in [-0.39, 0.29) is 17.4 Å². The molecular formula is C45H60CrN2O. The fourth-order valence-corrected chi connectivity index (χ4v) is 6.50. The van der Waals surface area contributed by atoms with Crippen LogP contribution in [0.15, 0.2) is 102 Å². The summed E-state index contributed by atoms with van der Waals surface area (Å²) in [6.45, 7) is 5.04. The monoisotopic (exact) mass is 696 g/mol. The summed E-state index contributed by atoms with van der Waals surface area (Å²) in [5.41, 5.74) is 7.09. The summed E-state index contributed by atoms with van der Waals surface area (Å²) in [6, 6.07) is 31.4. The fourth-order valence-electron chi connectivity index (χ4n) is 6.50. The van der Waals surface area contributed by atoms with Gasteiger partial charge in [-0.15, -0.1) is 0 Å². The van der Waals surface area contributed by atoms with E-state index in [0.717, 1.165) is 51.5 Å². The van der Waals surface area contributed by atoms with Crippen molar-refractivity contribution < 1.29 is 22.1 Å². The molecule has 1 aromatic heterocycles. The number of aliphatic imine (C=N–C) groups is 1. The third-order valence-corrected chi connectivity index (χ3v) is 9.32. The first kappa shape index (κ1) is 40.2. The first-order valence-corrected chi connectivity index (χ1v) is 19.1. The van der Waals surface area contributed by atoms with Crippen LogP contribution in [0.1, 0.15) is 135 Å². The molecule has 0 saturated heterocycles. The molecule has 49 heavy (non-hydrogen) atoms. The van der Waals surface area contributed by atoms with E-state index in [4.69, 9.17) is 9.73 Å². The molecule has 0 aliphatic rings. The van der Waals surface area contributed by atoms with Gasteiger partial charge in [0.25, 0.3) is 0 Å². The topological polar surface area (TPSA) is 34.5 Å². The molecule has 0 amide bonds. The summed E-state index contributed by atoms with van der Waals surface area (Å²) in [4.78, 5) is 9.54. The number of ether oxygens (including phenoxy) is 1. The molecule has 4 rings (SSSR count). The van der Waals surface area contributed by atoms with Gasteiger partial charge in [0.15, 0.2) is 0 Å². The summed E-state index contributed by atoms with van der Waals surface area (Å²) in [5, 5.41) is 0. The number of unbranched alkanes of at least 4 members (excludes halogenated alkanes) is 17. The Kier molecular flexibility index (Phi) is 20.4. The predicted molar refractivity (Wildman–Crippen MR) is 208 cm³/mol. The van der Waals surface area contributed by atoms with Crippen molar-refractivity contribution in [3.63, 3.8) is 0 Å². The van der Waals surface area contributed by atoms with Crippen LogP contribution >= 0.6 is 0 Å². The number of pyridine rings is 1. The first-order valence-electron chi connectivity index (χ1n) is 19.1. The minimum absolute atomic E-state index is 0. The minimum atomic E-state index is 0. The summed E-state index contributed by atoms with van der Waals surface area (Å²) in [5.74, 6) is 0.939. The molecule has 0 fully saturated rings. The van der Waals surface area contributed by atoms with Crippen molar-refractivity contribution in [1.29, 1.82) is 0 Å². The second-order valence-electron chi connectivity index (χ2n) is 13.4. The van der Waals surface area contributed by atoms with Crippen molar-refractivity contribution >= 4 is 11.4 Å². The molecule has 0 unspecified atom stereocenters. The molecule has 0 radical (unpaired) electrons. The van der Waals surface area contributed by atoms with Crippen LogP contribution in [0.25, 0.3) is 22.3 Å². The van der Waals surface area contributed by atoms with E-state index in [1.54, 1.807) is 0 Å². The Hall–Kier alpha value is -3.19. The van der Waals surface area contributed by atoms with Gasteiger partial charge in [-0.25, -0.2) is 0 Å². The maximum Gasteiger partial charge on any atom is 0.135 e. The zero-order valence-electron chi connectivity index (χ0n) is 30.4. The Morgan fingerprint density at radius 1 is 0.551 bits per heavy atom. The minimum Gasteiger partial charge on any atom is -0.492 e. The molecule has 0 aliphatic carbocycles. The largest absolute Gasteiger partial charge is 0.492 e. The average Bonchev–Trinajstić information content (AvgIpc) is 3.13. The maximum atomic E-state index is 6.69. The van der Waals surface area contributed by atoms with Crippen LogP contribution in [0.3, 0.4) is 0 Å². The van der Waals surface area contributed by atoms with Crippen molar-refractivity contribution in [2.24, 2.45) is 4.99 Å². The van der Waals surface area contributed by atoms with E-state index in [1.165, 1.54) is 109 Å². The second kappa shape index (κ2) is 24.9. The molecule has 0 atom stereocenters. The zero-order valence-corrected chi connectivity index (χ0v) is 31.7. The first-order chi connectivity index (χ1) is 23.8. The molecule has 0 spiro atoms. The molecule has 0 aliphatic heterocycles. The second-order valence-corrected chi connectivity index (χ2v) is 13.4. The molecule has 3 nitrogen and oxygen atoms in total. The number of rotatable bonds is 24. The van der Waals surface area contributed by atoms with Crippen LogP contribution in [0.5, 0.6) is 5.75 Å². The standard InChI is InChI=1S/C45H60N2O.Cr/c1-3-4-5-6-7-8-9-10-11-12-13-14-15-16-17-18-19-28-35-48-45-42(39-29-22-20-23-30-39)36-41(37-43(45)40-31-24-21-25-32-40)47-38(2)44-33-26-27-34-46-44;/h20-27,29-34,36-37H,3-19,28,35H2,1-2H3;. The summed E-state index contributed by atoms with van der Waals surface area (Å²) < 4.78 is 6.69. The van der Waals surface area contributed by atoms with Gasteiger partial charge in [-0.2, -0.15) is 0 Å². The van der Waals surface area contributed by atoms with Crippen LogP contribution in [-0.2, 0) is 17.4 Å². The molecule has 1 heterocycles. The smallest absolute Gasteiger partial charge is 0.135 e. The Balaban J connectivity index is 0.00000650. The van der Waals surface area contributed by atoms with Crippen LogP contribution in [0, 0.1) is 0 Å². The van der Waals surface area contributed by atoms with Gasteiger partial charge in [-0.05, 0) is 48.7 Å². The van der Waals surface area contributed by atoms with E-state index in [9.17, 15) is 0 Å². The van der Waals surface area contributed by atoms with E-state index < -0.39 is 0 Å². The normalized spacial score (nSPS) is 11.3. The third-order valence-electron chi connectivity index (χ3n) is 9.32. The van der Waals surface area contributed by atoms with Crippen molar-refractivity contribution in [2.75, 3.05) is 6.61 Å². The van der Waals surface area contributed by atoms with Crippen molar-refractivity contribution in [3.8, 4) is 28.0 Å². The van der Waals surface area contributed by atoms with Crippen LogP contribution in [0.4, 0.5) is 5.69 Å². The molecule has 0 bridgehead atoms. The number of nitrogens with zero attached hydrogens (tertiary/aromatic N) is 2. The van der Waals surface area contributed by atoms with Gasteiger partial charge < -0.3 is 4.74 Å². The van der Waals surface area contributed by atoms with E-state index in [2.05, 4.69) is 84.7 Å². The number of benzene rings is 3. The van der Waals surface area contributed by atoms with E-state index in [0.29, 0.717) is 6.61 Å². The number of hydrogen-bond acceptors (Lipinski definition) is 3. The van der Waals surface area contributed by atoms with Crippen molar-refractivity contribution in [1.82, 2.24) is 4.98 Å². The predicted octanol–water partition coefficient (Wildman–Crippen LogP) is 14.0. The fraction of sp³-hybridized carbons (Fsp3) is 0.467. The van der Waals surface area contributed by atoms with Gasteiger partial charge in [-0.3, -0.25) is 9.98 Å². The molecule has 3 aromatic carbocycles. The van der Waals surface area contributed by atoms with Crippen LogP contribution in [-0.4, -0.2) is 17.3 Å². The summed E-state index contributed by atoms with van der Waals surface area (Å²) in [6.07, 6.45) is 26.6. The van der Waals surface area contributed by atoms with Gasteiger partial charge in [0.1, 0.15) is 5.75 Å². The van der Waals surface area contributed by atoms with Crippen molar-refractivity contribution in [3.05, 3.63) is 103 Å². The Morgan fingerprint density at radius 2 is 0.980 bits per heavy atom. The third kappa shape index (κ3) is 15.1. The van der Waals surface area contributed by atoms with Gasteiger partial charge >= 0.3 is 0 Å². The van der Waals surface area contributed by atoms with Crippen molar-refractivity contribution in [2.45, 2.75) is 129 Å².